The number of thiophene rings is 1. The lowest BCUT2D eigenvalue weighted by molar-refractivity contribution is 0.575. The first-order valence-corrected chi connectivity index (χ1v) is 7.74. The second-order valence-electron chi connectivity index (χ2n) is 4.68. The molecule has 0 aliphatic heterocycles. The van der Waals surface area contributed by atoms with E-state index in [1.807, 2.05) is 6.07 Å². The molecule has 2 aromatic heterocycles. The summed E-state index contributed by atoms with van der Waals surface area (Å²) in [6.07, 6.45) is 4.69. The molecule has 0 amide bonds. The van der Waals surface area contributed by atoms with Gasteiger partial charge in [-0.25, -0.2) is 9.97 Å². The number of aromatic nitrogens is 2. The van der Waals surface area contributed by atoms with Gasteiger partial charge < -0.3 is 5.32 Å². The fraction of sp³-hybridized carbons (Fsp3) is 0.250. The number of hydrogen-bond donors (Lipinski definition) is 1. The standard InChI is InChI=1S/C16H17N3S/c1-2-8-17-14(16-18-9-4-10-19-16)13-6-3-5-12-7-11-20-15(12)13/h3-7,9-11,14,17H,2,8H2,1H3. The van der Waals surface area contributed by atoms with Gasteiger partial charge >= 0.3 is 0 Å². The summed E-state index contributed by atoms with van der Waals surface area (Å²) in [4.78, 5) is 8.86. The normalized spacial score (nSPS) is 12.7. The highest BCUT2D eigenvalue weighted by molar-refractivity contribution is 7.17. The molecule has 4 heteroatoms. The maximum Gasteiger partial charge on any atom is 0.149 e. The van der Waals surface area contributed by atoms with Crippen LogP contribution in [0.1, 0.15) is 30.8 Å². The van der Waals surface area contributed by atoms with Crippen molar-refractivity contribution in [2.45, 2.75) is 19.4 Å². The van der Waals surface area contributed by atoms with Gasteiger partial charge in [-0.3, -0.25) is 0 Å². The SMILES string of the molecule is CCCNC(c1ncccn1)c1cccc2ccsc12. The predicted molar refractivity (Wildman–Crippen MR) is 84.0 cm³/mol. The summed E-state index contributed by atoms with van der Waals surface area (Å²) in [5.41, 5.74) is 1.26. The molecule has 3 nitrogen and oxygen atoms in total. The van der Waals surface area contributed by atoms with Gasteiger partial charge in [-0.2, -0.15) is 0 Å². The first-order valence-electron chi connectivity index (χ1n) is 6.86. The molecule has 3 aromatic rings. The number of hydrogen-bond acceptors (Lipinski definition) is 4. The Balaban J connectivity index is 2.07. The van der Waals surface area contributed by atoms with Gasteiger partial charge in [0.1, 0.15) is 5.82 Å². The van der Waals surface area contributed by atoms with E-state index in [0.29, 0.717) is 0 Å². The summed E-state index contributed by atoms with van der Waals surface area (Å²) in [6, 6.07) is 10.5. The van der Waals surface area contributed by atoms with E-state index in [0.717, 1.165) is 18.8 Å². The van der Waals surface area contributed by atoms with Crippen molar-refractivity contribution in [3.8, 4) is 0 Å². The molecular weight excluding hydrogens is 266 g/mol. The number of benzene rings is 1. The topological polar surface area (TPSA) is 37.8 Å². The highest BCUT2D eigenvalue weighted by atomic mass is 32.1. The Labute approximate surface area is 122 Å². The molecule has 102 valence electrons. The molecule has 2 heterocycles. The van der Waals surface area contributed by atoms with E-state index in [-0.39, 0.29) is 6.04 Å². The van der Waals surface area contributed by atoms with E-state index in [1.54, 1.807) is 23.7 Å². The molecular formula is C16H17N3S. The Morgan fingerprint density at radius 1 is 1.15 bits per heavy atom. The minimum atomic E-state index is 0.0542. The lowest BCUT2D eigenvalue weighted by atomic mass is 10.0. The van der Waals surface area contributed by atoms with E-state index >= 15 is 0 Å². The van der Waals surface area contributed by atoms with Crippen LogP contribution in [0.2, 0.25) is 0 Å². The Morgan fingerprint density at radius 2 is 2.00 bits per heavy atom. The van der Waals surface area contributed by atoms with Gasteiger partial charge in [0.05, 0.1) is 6.04 Å². The quantitative estimate of drug-likeness (QED) is 0.774. The Morgan fingerprint density at radius 3 is 2.80 bits per heavy atom. The van der Waals surface area contributed by atoms with Crippen LogP contribution < -0.4 is 5.32 Å². The molecule has 0 saturated heterocycles. The third-order valence-corrected chi connectivity index (χ3v) is 4.24. The average molecular weight is 283 g/mol. The van der Waals surface area contributed by atoms with Crippen molar-refractivity contribution in [1.29, 1.82) is 0 Å². The van der Waals surface area contributed by atoms with Crippen LogP contribution in [0.3, 0.4) is 0 Å². The fourth-order valence-electron chi connectivity index (χ4n) is 2.33. The van der Waals surface area contributed by atoms with Crippen LogP contribution in [0.25, 0.3) is 10.1 Å². The zero-order valence-corrected chi connectivity index (χ0v) is 12.2. The summed E-state index contributed by atoms with van der Waals surface area (Å²) >= 11 is 1.77. The number of nitrogens with one attached hydrogen (secondary N) is 1. The summed E-state index contributed by atoms with van der Waals surface area (Å²) in [6.45, 7) is 3.12. The molecule has 1 N–H and O–H groups in total. The third-order valence-electron chi connectivity index (χ3n) is 3.26. The molecule has 0 bridgehead atoms. The first-order chi connectivity index (χ1) is 9.90. The fourth-order valence-corrected chi connectivity index (χ4v) is 3.28. The van der Waals surface area contributed by atoms with E-state index in [1.165, 1.54) is 15.6 Å². The van der Waals surface area contributed by atoms with Crippen LogP contribution >= 0.6 is 11.3 Å². The van der Waals surface area contributed by atoms with Gasteiger partial charge in [0.15, 0.2) is 0 Å². The van der Waals surface area contributed by atoms with Crippen LogP contribution in [0.15, 0.2) is 48.1 Å². The summed E-state index contributed by atoms with van der Waals surface area (Å²) in [5.74, 6) is 0.835. The van der Waals surface area contributed by atoms with Gasteiger partial charge in [0.2, 0.25) is 0 Å². The van der Waals surface area contributed by atoms with E-state index in [9.17, 15) is 0 Å². The second-order valence-corrected chi connectivity index (χ2v) is 5.60. The molecule has 0 aliphatic carbocycles. The van der Waals surface area contributed by atoms with Gasteiger partial charge in [-0.1, -0.05) is 25.1 Å². The van der Waals surface area contributed by atoms with Crippen molar-refractivity contribution in [2.75, 3.05) is 6.54 Å². The monoisotopic (exact) mass is 283 g/mol. The molecule has 0 aliphatic rings. The van der Waals surface area contributed by atoms with Gasteiger partial charge in [0, 0.05) is 17.1 Å². The lowest BCUT2D eigenvalue weighted by Crippen LogP contribution is -2.25. The zero-order valence-electron chi connectivity index (χ0n) is 11.4. The van der Waals surface area contributed by atoms with Crippen molar-refractivity contribution in [3.05, 3.63) is 59.5 Å². The zero-order chi connectivity index (χ0) is 13.8. The Kier molecular flexibility index (Phi) is 4.04. The largest absolute Gasteiger partial charge is 0.304 e. The Hall–Kier alpha value is -1.78. The van der Waals surface area contributed by atoms with Crippen molar-refractivity contribution in [3.63, 3.8) is 0 Å². The molecule has 0 radical (unpaired) electrons. The van der Waals surface area contributed by atoms with Crippen molar-refractivity contribution in [2.24, 2.45) is 0 Å². The van der Waals surface area contributed by atoms with E-state index < -0.39 is 0 Å². The van der Waals surface area contributed by atoms with Crippen LogP contribution in [0.4, 0.5) is 0 Å². The molecule has 1 unspecified atom stereocenters. The average Bonchev–Trinajstić information content (AvgIpc) is 2.98. The molecule has 3 rings (SSSR count). The van der Waals surface area contributed by atoms with Crippen molar-refractivity contribution < 1.29 is 0 Å². The predicted octanol–water partition coefficient (Wildman–Crippen LogP) is 3.78. The summed E-state index contributed by atoms with van der Waals surface area (Å²) in [7, 11) is 0. The van der Waals surface area contributed by atoms with Gasteiger partial charge in [-0.05, 0) is 41.4 Å². The number of nitrogens with zero attached hydrogens (tertiary/aromatic N) is 2. The molecule has 0 saturated carbocycles. The minimum absolute atomic E-state index is 0.0542. The number of fused-ring (bicyclic) bond motifs is 1. The number of rotatable bonds is 5. The molecule has 0 spiro atoms. The molecule has 20 heavy (non-hydrogen) atoms. The highest BCUT2D eigenvalue weighted by Gasteiger charge is 2.18. The van der Waals surface area contributed by atoms with Crippen molar-refractivity contribution >= 4 is 21.4 Å². The lowest BCUT2D eigenvalue weighted by Gasteiger charge is -2.18. The van der Waals surface area contributed by atoms with Crippen molar-refractivity contribution in [1.82, 2.24) is 15.3 Å². The first kappa shape index (κ1) is 13.2. The van der Waals surface area contributed by atoms with E-state index in [2.05, 4.69) is 51.9 Å². The van der Waals surface area contributed by atoms with Crippen LogP contribution in [-0.2, 0) is 0 Å². The highest BCUT2D eigenvalue weighted by Crippen LogP contribution is 2.31. The van der Waals surface area contributed by atoms with Crippen LogP contribution in [0.5, 0.6) is 0 Å². The Bertz CT molecular complexity index is 678. The summed E-state index contributed by atoms with van der Waals surface area (Å²) in [5, 5.41) is 6.99. The smallest absolute Gasteiger partial charge is 0.149 e. The molecule has 0 fully saturated rings. The van der Waals surface area contributed by atoms with Gasteiger partial charge in [0.25, 0.3) is 0 Å². The molecule has 1 atom stereocenters. The maximum atomic E-state index is 4.43. The van der Waals surface area contributed by atoms with Crippen LogP contribution in [-0.4, -0.2) is 16.5 Å². The maximum absolute atomic E-state index is 4.43. The second kappa shape index (κ2) is 6.11. The summed E-state index contributed by atoms with van der Waals surface area (Å²) < 4.78 is 1.31. The van der Waals surface area contributed by atoms with E-state index in [4.69, 9.17) is 0 Å². The van der Waals surface area contributed by atoms with Gasteiger partial charge in [-0.15, -0.1) is 11.3 Å². The van der Waals surface area contributed by atoms with Crippen LogP contribution in [0, 0.1) is 0 Å². The minimum Gasteiger partial charge on any atom is -0.304 e. The third kappa shape index (κ3) is 2.57. The molecule has 1 aromatic carbocycles.